The molecule has 0 unspecified atom stereocenters. The minimum absolute atomic E-state index is 0.00133. The van der Waals surface area contributed by atoms with Crippen molar-refractivity contribution in [2.45, 2.75) is 17.8 Å². The van der Waals surface area contributed by atoms with Crippen molar-refractivity contribution >= 4 is 17.7 Å². The third-order valence-corrected chi connectivity index (χ3v) is 3.23. The van der Waals surface area contributed by atoms with Gasteiger partial charge in [0, 0.05) is 12.6 Å². The van der Waals surface area contributed by atoms with Gasteiger partial charge in [-0.2, -0.15) is 0 Å². The van der Waals surface area contributed by atoms with Crippen LogP contribution in [0.4, 0.5) is 0 Å². The highest BCUT2D eigenvalue weighted by Crippen LogP contribution is 2.23. The number of nitrogens with zero attached hydrogens (tertiary/aromatic N) is 3. The van der Waals surface area contributed by atoms with E-state index in [1.54, 1.807) is 23.9 Å². The largest absolute Gasteiger partial charge is 0.475 e. The number of thioether (sulfide) groups is 1. The lowest BCUT2D eigenvalue weighted by Crippen LogP contribution is -1.95. The first kappa shape index (κ1) is 11.7. The molecule has 2 heterocycles. The molecule has 1 N–H and O–H groups in total. The summed E-state index contributed by atoms with van der Waals surface area (Å²) in [6.07, 6.45) is 1.61. The molecule has 0 aliphatic rings. The highest BCUT2D eigenvalue weighted by Gasteiger charge is 2.14. The summed E-state index contributed by atoms with van der Waals surface area (Å²) in [6.45, 7) is 1.71. The predicted molar refractivity (Wildman–Crippen MR) is 61.0 cm³/mol. The molecule has 2 aromatic heterocycles. The summed E-state index contributed by atoms with van der Waals surface area (Å²) in [4.78, 5) is 10.8. The van der Waals surface area contributed by atoms with Gasteiger partial charge in [0.05, 0.1) is 5.75 Å². The lowest BCUT2D eigenvalue weighted by atomic mass is 10.3. The average Bonchev–Trinajstić information content (AvgIpc) is 2.82. The molecule has 6 nitrogen and oxygen atoms in total. The third kappa shape index (κ3) is 2.50. The summed E-state index contributed by atoms with van der Waals surface area (Å²) < 4.78 is 7.03. The number of aromatic nitrogens is 3. The van der Waals surface area contributed by atoms with E-state index in [0.717, 1.165) is 5.16 Å². The van der Waals surface area contributed by atoms with Gasteiger partial charge in [-0.05, 0) is 13.0 Å². The molecule has 90 valence electrons. The van der Waals surface area contributed by atoms with Gasteiger partial charge in [-0.15, -0.1) is 10.2 Å². The molecule has 2 aromatic rings. The van der Waals surface area contributed by atoms with Crippen molar-refractivity contribution in [3.63, 3.8) is 0 Å². The van der Waals surface area contributed by atoms with Crippen LogP contribution in [0.15, 0.2) is 22.0 Å². The van der Waals surface area contributed by atoms with Crippen LogP contribution in [-0.2, 0) is 12.8 Å². The first-order valence-corrected chi connectivity index (χ1v) is 5.86. The Labute approximate surface area is 102 Å². The minimum Gasteiger partial charge on any atom is -0.475 e. The molecule has 7 heteroatoms. The number of carboxylic acids is 1. The zero-order chi connectivity index (χ0) is 12.4. The monoisotopic (exact) mass is 253 g/mol. The van der Waals surface area contributed by atoms with Crippen LogP contribution < -0.4 is 0 Å². The van der Waals surface area contributed by atoms with Gasteiger partial charge in [0.25, 0.3) is 0 Å². The Morgan fingerprint density at radius 2 is 2.41 bits per heavy atom. The maximum absolute atomic E-state index is 10.8. The van der Waals surface area contributed by atoms with Gasteiger partial charge in [-0.1, -0.05) is 11.8 Å². The van der Waals surface area contributed by atoms with Crippen LogP contribution in [-0.4, -0.2) is 25.8 Å². The molecule has 0 aliphatic heterocycles. The Bertz CT molecular complexity index is 547. The summed E-state index contributed by atoms with van der Waals surface area (Å²) in [7, 11) is 1.85. The van der Waals surface area contributed by atoms with Crippen LogP contribution >= 0.6 is 11.8 Å². The number of carboxylic acid groups (broad SMARTS) is 1. The Kier molecular flexibility index (Phi) is 3.19. The van der Waals surface area contributed by atoms with Gasteiger partial charge in [0.2, 0.25) is 5.76 Å². The Balaban J connectivity index is 2.07. The Morgan fingerprint density at radius 1 is 1.65 bits per heavy atom. The van der Waals surface area contributed by atoms with Crippen LogP contribution in [0.5, 0.6) is 0 Å². The van der Waals surface area contributed by atoms with Crippen LogP contribution in [0, 0.1) is 6.92 Å². The van der Waals surface area contributed by atoms with Gasteiger partial charge in [0.1, 0.15) is 12.1 Å². The number of aryl methyl sites for hydroxylation is 2. The first-order chi connectivity index (χ1) is 8.08. The van der Waals surface area contributed by atoms with Crippen LogP contribution in [0.1, 0.15) is 21.9 Å². The van der Waals surface area contributed by atoms with Gasteiger partial charge in [0.15, 0.2) is 5.16 Å². The fourth-order valence-corrected chi connectivity index (χ4v) is 2.14. The summed E-state index contributed by atoms with van der Waals surface area (Å²) in [5, 5.41) is 17.3. The maximum atomic E-state index is 10.8. The first-order valence-electron chi connectivity index (χ1n) is 4.87. The van der Waals surface area contributed by atoms with Crippen LogP contribution in [0.25, 0.3) is 0 Å². The number of carbonyl (C=O) groups is 1. The van der Waals surface area contributed by atoms with E-state index in [1.165, 1.54) is 11.8 Å². The molecule has 0 spiro atoms. The number of hydrogen-bond donors (Lipinski definition) is 1. The molecule has 2 rings (SSSR count). The van der Waals surface area contributed by atoms with Crippen molar-refractivity contribution < 1.29 is 14.3 Å². The van der Waals surface area contributed by atoms with Gasteiger partial charge >= 0.3 is 5.97 Å². The van der Waals surface area contributed by atoms with Crippen molar-refractivity contribution in [2.24, 2.45) is 7.05 Å². The SMILES string of the molecule is Cc1cc(CSc2nncn2C)oc1C(=O)O. The summed E-state index contributed by atoms with van der Waals surface area (Å²) in [5.74, 6) is 0.101. The second-order valence-corrected chi connectivity index (χ2v) is 4.49. The van der Waals surface area contributed by atoms with Crippen molar-refractivity contribution in [3.8, 4) is 0 Å². The third-order valence-electron chi connectivity index (χ3n) is 2.18. The molecule has 0 bridgehead atoms. The zero-order valence-electron chi connectivity index (χ0n) is 9.38. The van der Waals surface area contributed by atoms with Crippen molar-refractivity contribution in [1.82, 2.24) is 14.8 Å². The molecule has 0 radical (unpaired) electrons. The molecule has 0 saturated heterocycles. The van der Waals surface area contributed by atoms with E-state index in [2.05, 4.69) is 10.2 Å². The van der Waals surface area contributed by atoms with E-state index >= 15 is 0 Å². The lowest BCUT2D eigenvalue weighted by molar-refractivity contribution is 0.0659. The molecule has 0 atom stereocenters. The molecule has 0 saturated carbocycles. The topological polar surface area (TPSA) is 81.2 Å². The molecular weight excluding hydrogens is 242 g/mol. The van der Waals surface area contributed by atoms with E-state index < -0.39 is 5.97 Å². The zero-order valence-corrected chi connectivity index (χ0v) is 10.2. The van der Waals surface area contributed by atoms with Crippen LogP contribution in [0.3, 0.4) is 0 Å². The Morgan fingerprint density at radius 3 is 2.94 bits per heavy atom. The number of rotatable bonds is 4. The van der Waals surface area contributed by atoms with Gasteiger partial charge < -0.3 is 14.1 Å². The lowest BCUT2D eigenvalue weighted by Gasteiger charge is -1.97. The normalized spacial score (nSPS) is 10.7. The van der Waals surface area contributed by atoms with E-state index in [-0.39, 0.29) is 5.76 Å². The molecule has 0 aromatic carbocycles. The molecular formula is C10H11N3O3S. The molecule has 0 aliphatic carbocycles. The highest BCUT2D eigenvalue weighted by atomic mass is 32.2. The standard InChI is InChI=1S/C10H11N3O3S/c1-6-3-7(16-8(6)9(14)15)4-17-10-12-11-5-13(10)2/h3,5H,4H2,1-2H3,(H,14,15). The second-order valence-electron chi connectivity index (χ2n) is 3.54. The van der Waals surface area contributed by atoms with Gasteiger partial charge in [-0.25, -0.2) is 4.79 Å². The predicted octanol–water partition coefficient (Wildman–Crippen LogP) is 1.71. The number of aromatic carboxylic acids is 1. The van der Waals surface area contributed by atoms with E-state index in [9.17, 15) is 4.79 Å². The molecule has 0 amide bonds. The second kappa shape index (κ2) is 4.62. The van der Waals surface area contributed by atoms with Crippen LogP contribution in [0.2, 0.25) is 0 Å². The Hall–Kier alpha value is -1.76. The average molecular weight is 253 g/mol. The maximum Gasteiger partial charge on any atom is 0.372 e. The molecule has 0 fully saturated rings. The van der Waals surface area contributed by atoms with Gasteiger partial charge in [-0.3, -0.25) is 0 Å². The molecule has 17 heavy (non-hydrogen) atoms. The summed E-state index contributed by atoms with van der Waals surface area (Å²) in [5.41, 5.74) is 0.631. The fourth-order valence-electron chi connectivity index (χ4n) is 1.37. The van der Waals surface area contributed by atoms with E-state index in [4.69, 9.17) is 9.52 Å². The summed E-state index contributed by atoms with van der Waals surface area (Å²) in [6, 6.07) is 1.73. The smallest absolute Gasteiger partial charge is 0.372 e. The van der Waals surface area contributed by atoms with E-state index in [0.29, 0.717) is 17.1 Å². The fraction of sp³-hybridized carbons (Fsp3) is 0.300. The van der Waals surface area contributed by atoms with Crippen molar-refractivity contribution in [1.29, 1.82) is 0 Å². The number of furan rings is 1. The number of hydrogen-bond acceptors (Lipinski definition) is 5. The summed E-state index contributed by atoms with van der Waals surface area (Å²) >= 11 is 1.44. The quantitative estimate of drug-likeness (QED) is 0.835. The van der Waals surface area contributed by atoms with Crippen molar-refractivity contribution in [3.05, 3.63) is 29.5 Å². The minimum atomic E-state index is -1.04. The highest BCUT2D eigenvalue weighted by molar-refractivity contribution is 7.98. The van der Waals surface area contributed by atoms with Crippen molar-refractivity contribution in [2.75, 3.05) is 0 Å². The van der Waals surface area contributed by atoms with E-state index in [1.807, 2.05) is 7.05 Å².